The van der Waals surface area contributed by atoms with Crippen molar-refractivity contribution < 1.29 is 14.0 Å². The van der Waals surface area contributed by atoms with E-state index in [0.717, 1.165) is 11.3 Å². The Hall–Kier alpha value is -2.15. The minimum absolute atomic E-state index is 0.0203. The van der Waals surface area contributed by atoms with Gasteiger partial charge in [-0.1, -0.05) is 13.0 Å². The SMILES string of the molecule is CCCNC(=O)CNC(=O)Cc1nc(-c2cccs2)oc1C. The lowest BCUT2D eigenvalue weighted by atomic mass is 10.2. The maximum absolute atomic E-state index is 11.9. The monoisotopic (exact) mass is 321 g/mol. The van der Waals surface area contributed by atoms with E-state index < -0.39 is 0 Å². The molecule has 2 rings (SSSR count). The van der Waals surface area contributed by atoms with Crippen LogP contribution in [0.3, 0.4) is 0 Å². The summed E-state index contributed by atoms with van der Waals surface area (Å²) in [7, 11) is 0. The Balaban J connectivity index is 1.88. The second-order valence-corrected chi connectivity index (χ2v) is 5.75. The van der Waals surface area contributed by atoms with Crippen LogP contribution >= 0.6 is 11.3 Å². The van der Waals surface area contributed by atoms with Crippen molar-refractivity contribution in [3.63, 3.8) is 0 Å². The Morgan fingerprint density at radius 1 is 1.32 bits per heavy atom. The summed E-state index contributed by atoms with van der Waals surface area (Å²) in [5.74, 6) is 0.706. The minimum atomic E-state index is -0.249. The normalized spacial score (nSPS) is 10.5. The van der Waals surface area contributed by atoms with E-state index in [2.05, 4.69) is 15.6 Å². The van der Waals surface area contributed by atoms with E-state index in [0.29, 0.717) is 23.9 Å². The molecule has 2 aromatic rings. The van der Waals surface area contributed by atoms with Crippen LogP contribution in [0.5, 0.6) is 0 Å². The van der Waals surface area contributed by atoms with Crippen molar-refractivity contribution in [1.29, 1.82) is 0 Å². The maximum atomic E-state index is 11.9. The van der Waals surface area contributed by atoms with E-state index in [1.54, 1.807) is 6.92 Å². The fraction of sp³-hybridized carbons (Fsp3) is 0.400. The lowest BCUT2D eigenvalue weighted by Gasteiger charge is -2.05. The number of hydrogen-bond acceptors (Lipinski definition) is 5. The Morgan fingerprint density at radius 3 is 2.82 bits per heavy atom. The average Bonchev–Trinajstić information content (AvgIpc) is 3.13. The molecular formula is C15H19N3O3S. The zero-order chi connectivity index (χ0) is 15.9. The number of thiophene rings is 1. The summed E-state index contributed by atoms with van der Waals surface area (Å²) in [6.07, 6.45) is 0.963. The molecule has 0 unspecified atom stereocenters. The highest BCUT2D eigenvalue weighted by Crippen LogP contribution is 2.25. The molecule has 2 aromatic heterocycles. The van der Waals surface area contributed by atoms with Gasteiger partial charge in [-0.2, -0.15) is 0 Å². The summed E-state index contributed by atoms with van der Waals surface area (Å²) in [6, 6.07) is 3.83. The summed E-state index contributed by atoms with van der Waals surface area (Å²) in [5, 5.41) is 7.22. The van der Waals surface area contributed by atoms with Crippen LogP contribution in [0.15, 0.2) is 21.9 Å². The van der Waals surface area contributed by atoms with Gasteiger partial charge in [0.25, 0.3) is 0 Å². The lowest BCUT2D eigenvalue weighted by molar-refractivity contribution is -0.125. The van der Waals surface area contributed by atoms with Crippen molar-refractivity contribution in [2.45, 2.75) is 26.7 Å². The summed E-state index contributed by atoms with van der Waals surface area (Å²) >= 11 is 1.53. The molecule has 0 saturated heterocycles. The summed E-state index contributed by atoms with van der Waals surface area (Å²) in [6.45, 7) is 4.34. The predicted molar refractivity (Wildman–Crippen MR) is 84.6 cm³/mol. The van der Waals surface area contributed by atoms with Crippen LogP contribution in [0.25, 0.3) is 10.8 Å². The molecule has 2 amide bonds. The van der Waals surface area contributed by atoms with Gasteiger partial charge in [-0.15, -0.1) is 11.3 Å². The fourth-order valence-electron chi connectivity index (χ4n) is 1.82. The third-order valence-electron chi connectivity index (χ3n) is 2.97. The van der Waals surface area contributed by atoms with E-state index in [1.807, 2.05) is 24.4 Å². The highest BCUT2D eigenvalue weighted by molar-refractivity contribution is 7.13. The third-order valence-corrected chi connectivity index (χ3v) is 3.83. The van der Waals surface area contributed by atoms with Gasteiger partial charge in [0.05, 0.1) is 23.5 Å². The van der Waals surface area contributed by atoms with Gasteiger partial charge in [0.2, 0.25) is 17.7 Å². The number of hydrogen-bond donors (Lipinski definition) is 2. The zero-order valence-electron chi connectivity index (χ0n) is 12.6. The highest BCUT2D eigenvalue weighted by atomic mass is 32.1. The molecule has 0 saturated carbocycles. The second kappa shape index (κ2) is 7.74. The smallest absolute Gasteiger partial charge is 0.239 e. The molecule has 0 bridgehead atoms. The van der Waals surface area contributed by atoms with Crippen LogP contribution in [0, 0.1) is 6.92 Å². The molecule has 0 radical (unpaired) electrons. The van der Waals surface area contributed by atoms with Gasteiger partial charge in [-0.05, 0) is 24.8 Å². The predicted octanol–water partition coefficient (Wildman–Crippen LogP) is 1.90. The van der Waals surface area contributed by atoms with Gasteiger partial charge in [-0.25, -0.2) is 4.98 Å². The Bertz CT molecular complexity index is 635. The Morgan fingerprint density at radius 2 is 2.14 bits per heavy atom. The highest BCUT2D eigenvalue weighted by Gasteiger charge is 2.15. The first kappa shape index (κ1) is 16.2. The van der Waals surface area contributed by atoms with Crippen LogP contribution in [-0.2, 0) is 16.0 Å². The van der Waals surface area contributed by atoms with Crippen LogP contribution in [0.1, 0.15) is 24.8 Å². The summed E-state index contributed by atoms with van der Waals surface area (Å²) in [5.41, 5.74) is 0.592. The van der Waals surface area contributed by atoms with Crippen molar-refractivity contribution >= 4 is 23.2 Å². The van der Waals surface area contributed by atoms with E-state index in [9.17, 15) is 9.59 Å². The number of rotatable bonds is 7. The summed E-state index contributed by atoms with van der Waals surface area (Å²) in [4.78, 5) is 28.6. The van der Waals surface area contributed by atoms with Crippen LogP contribution in [0.4, 0.5) is 0 Å². The number of nitrogens with one attached hydrogen (secondary N) is 2. The van der Waals surface area contributed by atoms with Gasteiger partial charge >= 0.3 is 0 Å². The van der Waals surface area contributed by atoms with Crippen molar-refractivity contribution in [2.75, 3.05) is 13.1 Å². The topological polar surface area (TPSA) is 84.2 Å². The van der Waals surface area contributed by atoms with E-state index in [4.69, 9.17) is 4.42 Å². The molecule has 118 valence electrons. The van der Waals surface area contributed by atoms with Crippen LogP contribution in [-0.4, -0.2) is 29.9 Å². The number of aromatic nitrogens is 1. The molecule has 0 spiro atoms. The number of nitrogens with zero attached hydrogens (tertiary/aromatic N) is 1. The van der Waals surface area contributed by atoms with Crippen molar-refractivity contribution in [1.82, 2.24) is 15.6 Å². The molecular weight excluding hydrogens is 302 g/mol. The number of carbonyl (C=O) groups is 2. The van der Waals surface area contributed by atoms with Gasteiger partial charge in [0.1, 0.15) is 5.76 Å². The Labute approximate surface area is 132 Å². The molecule has 0 aromatic carbocycles. The zero-order valence-corrected chi connectivity index (χ0v) is 13.5. The quantitative estimate of drug-likeness (QED) is 0.816. The fourth-order valence-corrected chi connectivity index (χ4v) is 2.47. The molecule has 0 aliphatic carbocycles. The Kier molecular flexibility index (Phi) is 5.71. The summed E-state index contributed by atoms with van der Waals surface area (Å²) < 4.78 is 5.58. The van der Waals surface area contributed by atoms with Crippen molar-refractivity contribution in [3.05, 3.63) is 29.0 Å². The van der Waals surface area contributed by atoms with Gasteiger partial charge in [0, 0.05) is 6.54 Å². The maximum Gasteiger partial charge on any atom is 0.239 e. The standard InChI is InChI=1S/C15H19N3O3S/c1-3-6-16-14(20)9-17-13(19)8-11-10(2)21-15(18-11)12-5-4-7-22-12/h4-5,7H,3,6,8-9H2,1-2H3,(H,16,20)(H,17,19). The molecule has 6 nitrogen and oxygen atoms in total. The van der Waals surface area contributed by atoms with Gasteiger partial charge in [0.15, 0.2) is 0 Å². The number of amides is 2. The van der Waals surface area contributed by atoms with Crippen LogP contribution in [0.2, 0.25) is 0 Å². The molecule has 0 aliphatic heterocycles. The molecule has 7 heteroatoms. The van der Waals surface area contributed by atoms with Crippen molar-refractivity contribution in [3.8, 4) is 10.8 Å². The third kappa shape index (κ3) is 4.42. The lowest BCUT2D eigenvalue weighted by Crippen LogP contribution is -2.37. The first-order valence-corrected chi connectivity index (χ1v) is 8.01. The average molecular weight is 321 g/mol. The van der Waals surface area contributed by atoms with Crippen molar-refractivity contribution in [2.24, 2.45) is 0 Å². The first-order chi connectivity index (χ1) is 10.6. The van der Waals surface area contributed by atoms with Crippen LogP contribution < -0.4 is 10.6 Å². The minimum Gasteiger partial charge on any atom is -0.440 e. The molecule has 0 fully saturated rings. The van der Waals surface area contributed by atoms with E-state index in [1.165, 1.54) is 11.3 Å². The van der Waals surface area contributed by atoms with E-state index >= 15 is 0 Å². The molecule has 22 heavy (non-hydrogen) atoms. The number of aryl methyl sites for hydroxylation is 1. The van der Waals surface area contributed by atoms with Gasteiger partial charge < -0.3 is 15.1 Å². The number of carbonyl (C=O) groups excluding carboxylic acids is 2. The second-order valence-electron chi connectivity index (χ2n) is 4.80. The number of oxazole rings is 1. The molecule has 0 atom stereocenters. The molecule has 0 aliphatic rings. The largest absolute Gasteiger partial charge is 0.440 e. The van der Waals surface area contributed by atoms with Gasteiger partial charge in [-0.3, -0.25) is 9.59 Å². The molecule has 2 heterocycles. The first-order valence-electron chi connectivity index (χ1n) is 7.13. The molecule has 2 N–H and O–H groups in total. The van der Waals surface area contributed by atoms with E-state index in [-0.39, 0.29) is 24.8 Å².